The first-order chi connectivity index (χ1) is 20.4. The van der Waals surface area contributed by atoms with E-state index in [2.05, 4.69) is 37.5 Å². The van der Waals surface area contributed by atoms with Crippen molar-refractivity contribution in [2.24, 2.45) is 35.5 Å². The lowest BCUT2D eigenvalue weighted by Crippen LogP contribution is -2.53. The van der Waals surface area contributed by atoms with Crippen molar-refractivity contribution >= 4 is 0 Å². The molecule has 2 nitrogen and oxygen atoms in total. The Hall–Kier alpha value is -0.0800. The molecule has 0 aromatic heterocycles. The highest BCUT2D eigenvalue weighted by molar-refractivity contribution is 4.96. The van der Waals surface area contributed by atoms with E-state index in [-0.39, 0.29) is 0 Å². The molecule has 6 aliphatic rings. The van der Waals surface area contributed by atoms with E-state index in [9.17, 15) is 0 Å². The van der Waals surface area contributed by atoms with Gasteiger partial charge in [0.25, 0.3) is 0 Å². The third-order valence-corrected chi connectivity index (χ3v) is 14.6. The molecule has 242 valence electrons. The molecular formula is C40H72N2. The number of hydrogen-bond donors (Lipinski definition) is 0. The van der Waals surface area contributed by atoms with Gasteiger partial charge in [0, 0.05) is 36.3 Å². The number of nitrogens with zero attached hydrogens (tertiary/aromatic N) is 2. The Kier molecular flexibility index (Phi) is 11.4. The summed E-state index contributed by atoms with van der Waals surface area (Å²) in [6, 6.07) is 5.46. The molecule has 42 heavy (non-hydrogen) atoms. The molecule has 6 rings (SSSR count). The fraction of sp³-hybridized carbons (Fsp3) is 1.00. The molecule has 0 aromatic carbocycles. The summed E-state index contributed by atoms with van der Waals surface area (Å²) in [7, 11) is 0. The second-order valence-corrected chi connectivity index (χ2v) is 17.7. The monoisotopic (exact) mass is 581 g/mol. The molecule has 0 aliphatic heterocycles. The van der Waals surface area contributed by atoms with Crippen LogP contribution in [-0.2, 0) is 0 Å². The molecule has 0 atom stereocenters. The molecule has 0 aromatic rings. The zero-order valence-electron chi connectivity index (χ0n) is 28.8. The van der Waals surface area contributed by atoms with Gasteiger partial charge >= 0.3 is 0 Å². The van der Waals surface area contributed by atoms with Gasteiger partial charge in [0.2, 0.25) is 0 Å². The molecule has 6 saturated carbocycles. The normalized spacial score (nSPS) is 46.1. The third kappa shape index (κ3) is 7.82. The minimum Gasteiger partial charge on any atom is -0.294 e. The summed E-state index contributed by atoms with van der Waals surface area (Å²) in [6.07, 6.45) is 36.1. The maximum Gasteiger partial charge on any atom is 0.0101 e. The lowest BCUT2D eigenvalue weighted by molar-refractivity contribution is -0.0121. The largest absolute Gasteiger partial charge is 0.294 e. The average Bonchev–Trinajstić information content (AvgIpc) is 3.02. The molecule has 0 radical (unpaired) electrons. The summed E-state index contributed by atoms with van der Waals surface area (Å²) >= 11 is 0. The Morgan fingerprint density at radius 2 is 0.405 bits per heavy atom. The first kappa shape index (κ1) is 31.9. The van der Waals surface area contributed by atoms with Gasteiger partial charge in [-0.25, -0.2) is 0 Å². The minimum absolute atomic E-state index is 0.910. The molecule has 0 saturated heterocycles. The van der Waals surface area contributed by atoms with Gasteiger partial charge in [-0.05, 0) is 190 Å². The van der Waals surface area contributed by atoms with E-state index in [1.165, 1.54) is 128 Å². The van der Waals surface area contributed by atoms with Crippen LogP contribution in [0.3, 0.4) is 0 Å². The summed E-state index contributed by atoms with van der Waals surface area (Å²) in [5, 5.41) is 0. The van der Waals surface area contributed by atoms with Crippen LogP contribution < -0.4 is 0 Å². The van der Waals surface area contributed by atoms with E-state index in [0.29, 0.717) is 0 Å². The van der Waals surface area contributed by atoms with Crippen LogP contribution in [0.4, 0.5) is 0 Å². The Morgan fingerprint density at radius 1 is 0.238 bits per heavy atom. The second-order valence-electron chi connectivity index (χ2n) is 17.7. The minimum atomic E-state index is 0.910. The van der Waals surface area contributed by atoms with Gasteiger partial charge in [-0.3, -0.25) is 9.80 Å². The van der Waals surface area contributed by atoms with Gasteiger partial charge in [0.05, 0.1) is 0 Å². The van der Waals surface area contributed by atoms with E-state index in [4.69, 9.17) is 0 Å². The van der Waals surface area contributed by atoms with Crippen molar-refractivity contribution in [1.29, 1.82) is 0 Å². The molecule has 0 unspecified atom stereocenters. The highest BCUT2D eigenvalue weighted by Crippen LogP contribution is 2.45. The van der Waals surface area contributed by atoms with Crippen LogP contribution in [0.15, 0.2) is 0 Å². The van der Waals surface area contributed by atoms with Gasteiger partial charge in [0.15, 0.2) is 0 Å². The van der Waals surface area contributed by atoms with Crippen molar-refractivity contribution in [3.05, 3.63) is 0 Å². The first-order valence-corrected chi connectivity index (χ1v) is 20.0. The highest BCUT2D eigenvalue weighted by Gasteiger charge is 2.41. The van der Waals surface area contributed by atoms with Crippen LogP contribution in [0.5, 0.6) is 0 Å². The van der Waals surface area contributed by atoms with Crippen LogP contribution in [0.25, 0.3) is 0 Å². The molecular weight excluding hydrogens is 508 g/mol. The number of hydrogen-bond acceptors (Lipinski definition) is 2. The maximum atomic E-state index is 3.21. The molecule has 0 heterocycles. The Bertz CT molecular complexity index is 651. The van der Waals surface area contributed by atoms with Gasteiger partial charge < -0.3 is 0 Å². The molecule has 6 fully saturated rings. The highest BCUT2D eigenvalue weighted by atomic mass is 15.2. The van der Waals surface area contributed by atoms with E-state index in [1.807, 2.05) is 0 Å². The van der Waals surface area contributed by atoms with E-state index < -0.39 is 0 Å². The predicted molar refractivity (Wildman–Crippen MR) is 181 cm³/mol. The van der Waals surface area contributed by atoms with E-state index in [0.717, 1.165) is 71.8 Å². The topological polar surface area (TPSA) is 6.48 Å². The van der Waals surface area contributed by atoms with Crippen molar-refractivity contribution in [1.82, 2.24) is 9.80 Å². The van der Waals surface area contributed by atoms with Crippen molar-refractivity contribution < 1.29 is 0 Å². The van der Waals surface area contributed by atoms with Crippen molar-refractivity contribution in [3.8, 4) is 0 Å². The Labute approximate surface area is 262 Å². The summed E-state index contributed by atoms with van der Waals surface area (Å²) < 4.78 is 0. The predicted octanol–water partition coefficient (Wildman–Crippen LogP) is 11.0. The summed E-state index contributed by atoms with van der Waals surface area (Å²) in [5.74, 6) is 5.97. The van der Waals surface area contributed by atoms with Gasteiger partial charge in [-0.2, -0.15) is 0 Å². The van der Waals surface area contributed by atoms with Crippen LogP contribution in [0.2, 0.25) is 0 Å². The quantitative estimate of drug-likeness (QED) is 0.295. The average molecular weight is 581 g/mol. The lowest BCUT2D eigenvalue weighted by atomic mass is 9.70. The first-order valence-electron chi connectivity index (χ1n) is 20.0. The van der Waals surface area contributed by atoms with Gasteiger partial charge in [0.1, 0.15) is 0 Å². The van der Waals surface area contributed by atoms with Crippen LogP contribution in [0.1, 0.15) is 182 Å². The molecule has 0 spiro atoms. The molecule has 0 N–H and O–H groups in total. The Morgan fingerprint density at radius 3 is 0.595 bits per heavy atom. The zero-order chi connectivity index (χ0) is 29.1. The standard InChI is InChI=1S/C40H72N2/c1-29-5-17-35(18-6-29)41(36-19-7-30(2)8-20-36)39-25-13-33(14-26-39)34-15-27-40(28-16-34)42(37-21-9-31(3)10-22-37)38-23-11-32(4)12-24-38/h29-40H,5-28H2,1-4H3. The summed E-state index contributed by atoms with van der Waals surface area (Å²) in [6.45, 7) is 10.0. The summed E-state index contributed by atoms with van der Waals surface area (Å²) in [4.78, 5) is 6.41. The molecule has 6 aliphatic carbocycles. The maximum absolute atomic E-state index is 3.21. The van der Waals surface area contributed by atoms with Crippen LogP contribution >= 0.6 is 0 Å². The van der Waals surface area contributed by atoms with E-state index in [1.54, 1.807) is 25.7 Å². The zero-order valence-corrected chi connectivity index (χ0v) is 28.8. The van der Waals surface area contributed by atoms with Gasteiger partial charge in [-0.1, -0.05) is 27.7 Å². The fourth-order valence-corrected chi connectivity index (χ4v) is 11.7. The van der Waals surface area contributed by atoms with Crippen molar-refractivity contribution in [3.63, 3.8) is 0 Å². The van der Waals surface area contributed by atoms with Crippen molar-refractivity contribution in [2.75, 3.05) is 0 Å². The molecule has 2 heteroatoms. The smallest absolute Gasteiger partial charge is 0.0101 e. The molecule has 0 amide bonds. The van der Waals surface area contributed by atoms with Crippen LogP contribution in [-0.4, -0.2) is 46.1 Å². The SMILES string of the molecule is CC1CCC(N(C2CCC(C)CC2)C2CCC(C3CCC(N(C4CCC(C)CC4)C4CCC(C)CC4)CC3)CC2)CC1. The summed E-state index contributed by atoms with van der Waals surface area (Å²) in [5.41, 5.74) is 0. The van der Waals surface area contributed by atoms with Crippen molar-refractivity contribution in [2.45, 2.75) is 218 Å². The second kappa shape index (κ2) is 15.0. The van der Waals surface area contributed by atoms with Crippen LogP contribution in [0, 0.1) is 35.5 Å². The fourth-order valence-electron chi connectivity index (χ4n) is 11.7. The van der Waals surface area contributed by atoms with Gasteiger partial charge in [-0.15, -0.1) is 0 Å². The third-order valence-electron chi connectivity index (χ3n) is 14.6. The lowest BCUT2D eigenvalue weighted by Gasteiger charge is -2.51. The Balaban J connectivity index is 1.03. The number of rotatable bonds is 7. The van der Waals surface area contributed by atoms with E-state index >= 15 is 0 Å². The molecule has 0 bridgehead atoms.